The molecule has 0 aliphatic carbocycles. The van der Waals surface area contributed by atoms with Crippen molar-refractivity contribution in [1.82, 2.24) is 4.90 Å². The third-order valence-electron chi connectivity index (χ3n) is 3.42. The highest BCUT2D eigenvalue weighted by molar-refractivity contribution is 7.92. The Bertz CT molecular complexity index is 607. The quantitative estimate of drug-likeness (QED) is 0.806. The highest BCUT2D eigenvalue weighted by Crippen LogP contribution is 2.23. The van der Waals surface area contributed by atoms with E-state index in [0.717, 1.165) is 17.4 Å². The van der Waals surface area contributed by atoms with Crippen molar-refractivity contribution in [3.05, 3.63) is 29.3 Å². The van der Waals surface area contributed by atoms with Gasteiger partial charge < -0.3 is 4.90 Å². The standard InChI is InChI=1S/C15H24N2O3S/c1-6-16(7-2)15(18)11-17(21(5,19)20)14-9-8-12(3)10-13(14)4/h8-10H,6-7,11H2,1-5H3. The zero-order valence-electron chi connectivity index (χ0n) is 13.4. The van der Waals surface area contributed by atoms with E-state index in [-0.39, 0.29) is 12.5 Å². The molecule has 0 aromatic heterocycles. The topological polar surface area (TPSA) is 57.7 Å². The molecule has 0 atom stereocenters. The molecule has 0 N–H and O–H groups in total. The summed E-state index contributed by atoms with van der Waals surface area (Å²) in [4.78, 5) is 13.9. The van der Waals surface area contributed by atoms with Gasteiger partial charge in [0.05, 0.1) is 11.9 Å². The van der Waals surface area contributed by atoms with Gasteiger partial charge in [-0.1, -0.05) is 17.7 Å². The first kappa shape index (κ1) is 17.5. The lowest BCUT2D eigenvalue weighted by molar-refractivity contribution is -0.129. The Morgan fingerprint density at radius 3 is 2.14 bits per heavy atom. The molecule has 1 rings (SSSR count). The second-order valence-electron chi connectivity index (χ2n) is 5.13. The van der Waals surface area contributed by atoms with Crippen molar-refractivity contribution in [2.75, 3.05) is 30.2 Å². The largest absolute Gasteiger partial charge is 0.342 e. The molecular formula is C15H24N2O3S. The summed E-state index contributed by atoms with van der Waals surface area (Å²) >= 11 is 0. The summed E-state index contributed by atoms with van der Waals surface area (Å²) in [6.45, 7) is 8.53. The first-order valence-electron chi connectivity index (χ1n) is 7.03. The molecule has 0 saturated heterocycles. The number of aryl methyl sites for hydroxylation is 2. The van der Waals surface area contributed by atoms with E-state index in [4.69, 9.17) is 0 Å². The number of rotatable bonds is 6. The average Bonchev–Trinajstić information content (AvgIpc) is 2.37. The second-order valence-corrected chi connectivity index (χ2v) is 7.03. The number of hydrogen-bond acceptors (Lipinski definition) is 3. The molecule has 0 unspecified atom stereocenters. The number of likely N-dealkylation sites (N-methyl/N-ethyl adjacent to an activating group) is 1. The zero-order chi connectivity index (χ0) is 16.2. The van der Waals surface area contributed by atoms with Gasteiger partial charge >= 0.3 is 0 Å². The van der Waals surface area contributed by atoms with E-state index in [2.05, 4.69) is 0 Å². The molecule has 1 amide bonds. The van der Waals surface area contributed by atoms with Crippen molar-refractivity contribution in [3.8, 4) is 0 Å². The smallest absolute Gasteiger partial charge is 0.243 e. The van der Waals surface area contributed by atoms with Gasteiger partial charge in [-0.25, -0.2) is 8.42 Å². The highest BCUT2D eigenvalue weighted by Gasteiger charge is 2.24. The van der Waals surface area contributed by atoms with E-state index >= 15 is 0 Å². The molecule has 6 heteroatoms. The number of benzene rings is 1. The summed E-state index contributed by atoms with van der Waals surface area (Å²) in [5, 5.41) is 0. The van der Waals surface area contributed by atoms with Gasteiger partial charge in [-0.3, -0.25) is 9.10 Å². The maximum atomic E-state index is 12.2. The van der Waals surface area contributed by atoms with Crippen LogP contribution in [-0.2, 0) is 14.8 Å². The third-order valence-corrected chi connectivity index (χ3v) is 4.54. The number of anilines is 1. The van der Waals surface area contributed by atoms with E-state index in [1.807, 2.05) is 39.8 Å². The molecule has 1 aromatic rings. The summed E-state index contributed by atoms with van der Waals surface area (Å²) < 4.78 is 25.3. The molecule has 21 heavy (non-hydrogen) atoms. The molecule has 0 saturated carbocycles. The number of sulfonamides is 1. The summed E-state index contributed by atoms with van der Waals surface area (Å²) in [5.74, 6) is -0.189. The van der Waals surface area contributed by atoms with Crippen LogP contribution in [0.15, 0.2) is 18.2 Å². The number of hydrogen-bond donors (Lipinski definition) is 0. The maximum Gasteiger partial charge on any atom is 0.243 e. The summed E-state index contributed by atoms with van der Waals surface area (Å²) in [5.41, 5.74) is 2.45. The minimum Gasteiger partial charge on any atom is -0.342 e. The van der Waals surface area contributed by atoms with Crippen LogP contribution in [0.2, 0.25) is 0 Å². The fourth-order valence-corrected chi connectivity index (χ4v) is 3.17. The molecule has 0 spiro atoms. The SMILES string of the molecule is CCN(CC)C(=O)CN(c1ccc(C)cc1C)S(C)(=O)=O. The highest BCUT2D eigenvalue weighted by atomic mass is 32.2. The van der Waals surface area contributed by atoms with Gasteiger partial charge in [0.1, 0.15) is 6.54 Å². The Labute approximate surface area is 127 Å². The number of amides is 1. The second kappa shape index (κ2) is 6.93. The molecule has 0 fully saturated rings. The van der Waals surface area contributed by atoms with Crippen LogP contribution in [0.3, 0.4) is 0 Å². The minimum absolute atomic E-state index is 0.162. The number of nitrogens with zero attached hydrogens (tertiary/aromatic N) is 2. The Kier molecular flexibility index (Phi) is 5.78. The normalized spacial score (nSPS) is 11.3. The lowest BCUT2D eigenvalue weighted by Gasteiger charge is -2.27. The van der Waals surface area contributed by atoms with Crippen molar-refractivity contribution in [3.63, 3.8) is 0 Å². The van der Waals surface area contributed by atoms with Crippen LogP contribution in [0.1, 0.15) is 25.0 Å². The van der Waals surface area contributed by atoms with Gasteiger partial charge in [-0.15, -0.1) is 0 Å². The van der Waals surface area contributed by atoms with Crippen molar-refractivity contribution >= 4 is 21.6 Å². The van der Waals surface area contributed by atoms with Crippen molar-refractivity contribution in [2.45, 2.75) is 27.7 Å². The van der Waals surface area contributed by atoms with Crippen LogP contribution >= 0.6 is 0 Å². The predicted octanol–water partition coefficient (Wildman–Crippen LogP) is 1.94. The minimum atomic E-state index is -3.51. The molecule has 0 bridgehead atoms. The lowest BCUT2D eigenvalue weighted by Crippen LogP contribution is -2.42. The van der Waals surface area contributed by atoms with E-state index in [1.54, 1.807) is 11.0 Å². The van der Waals surface area contributed by atoms with Gasteiger partial charge in [0.25, 0.3) is 0 Å². The number of carbonyl (C=O) groups is 1. The average molecular weight is 312 g/mol. The molecule has 0 heterocycles. The van der Waals surface area contributed by atoms with E-state index in [1.165, 1.54) is 4.31 Å². The van der Waals surface area contributed by atoms with Crippen LogP contribution in [0.5, 0.6) is 0 Å². The van der Waals surface area contributed by atoms with Crippen LogP contribution in [0, 0.1) is 13.8 Å². The van der Waals surface area contributed by atoms with Crippen LogP contribution in [0.25, 0.3) is 0 Å². The maximum absolute atomic E-state index is 12.2. The van der Waals surface area contributed by atoms with Gasteiger partial charge in [0.2, 0.25) is 15.9 Å². The monoisotopic (exact) mass is 312 g/mol. The summed E-state index contributed by atoms with van der Waals surface area (Å²) in [6.07, 6.45) is 1.13. The summed E-state index contributed by atoms with van der Waals surface area (Å²) in [6, 6.07) is 5.51. The van der Waals surface area contributed by atoms with Gasteiger partial charge in [0.15, 0.2) is 0 Å². The van der Waals surface area contributed by atoms with Crippen molar-refractivity contribution < 1.29 is 13.2 Å². The van der Waals surface area contributed by atoms with Crippen molar-refractivity contribution in [2.24, 2.45) is 0 Å². The molecule has 0 aliphatic rings. The molecular weight excluding hydrogens is 288 g/mol. The lowest BCUT2D eigenvalue weighted by atomic mass is 10.1. The number of carbonyl (C=O) groups excluding carboxylic acids is 1. The fourth-order valence-electron chi connectivity index (χ4n) is 2.27. The summed E-state index contributed by atoms with van der Waals surface area (Å²) in [7, 11) is -3.51. The fraction of sp³-hybridized carbons (Fsp3) is 0.533. The van der Waals surface area contributed by atoms with Gasteiger partial charge in [-0.2, -0.15) is 0 Å². The Hall–Kier alpha value is -1.56. The molecule has 5 nitrogen and oxygen atoms in total. The third kappa shape index (κ3) is 4.46. The Balaban J connectivity index is 3.17. The predicted molar refractivity (Wildman–Crippen MR) is 86.0 cm³/mol. The van der Waals surface area contributed by atoms with Crippen LogP contribution < -0.4 is 4.31 Å². The van der Waals surface area contributed by atoms with Gasteiger partial charge in [-0.05, 0) is 39.3 Å². The Morgan fingerprint density at radius 2 is 1.71 bits per heavy atom. The first-order chi connectivity index (χ1) is 9.70. The van der Waals surface area contributed by atoms with Crippen molar-refractivity contribution in [1.29, 1.82) is 0 Å². The van der Waals surface area contributed by atoms with E-state index in [9.17, 15) is 13.2 Å². The molecule has 0 aliphatic heterocycles. The molecule has 118 valence electrons. The first-order valence-corrected chi connectivity index (χ1v) is 8.88. The van der Waals surface area contributed by atoms with Crippen LogP contribution in [-0.4, -0.2) is 45.1 Å². The Morgan fingerprint density at radius 1 is 1.14 bits per heavy atom. The van der Waals surface area contributed by atoms with E-state index in [0.29, 0.717) is 18.8 Å². The van der Waals surface area contributed by atoms with E-state index < -0.39 is 10.0 Å². The molecule has 1 aromatic carbocycles. The van der Waals surface area contributed by atoms with Crippen LogP contribution in [0.4, 0.5) is 5.69 Å². The molecule has 0 radical (unpaired) electrons. The zero-order valence-corrected chi connectivity index (χ0v) is 14.2. The van der Waals surface area contributed by atoms with Gasteiger partial charge in [0, 0.05) is 13.1 Å².